The molecule has 0 aromatic heterocycles. The molecule has 4 N–H and O–H groups in total. The van der Waals surface area contributed by atoms with Gasteiger partial charge in [0.25, 0.3) is 0 Å². The van der Waals surface area contributed by atoms with Crippen LogP contribution in [0.25, 0.3) is 0 Å². The second kappa shape index (κ2) is 4.38. The van der Waals surface area contributed by atoms with Crippen molar-refractivity contribution in [3.8, 4) is 5.75 Å². The van der Waals surface area contributed by atoms with Crippen molar-refractivity contribution >= 4 is 34.0 Å². The highest BCUT2D eigenvalue weighted by atomic mass is 79.9. The molecule has 2 rings (SSSR count). The zero-order valence-corrected chi connectivity index (χ0v) is 9.90. The van der Waals surface area contributed by atoms with Gasteiger partial charge in [0.1, 0.15) is 5.75 Å². The smallest absolute Gasteiger partial charge is 0.148 e. The van der Waals surface area contributed by atoms with Gasteiger partial charge in [-0.25, -0.2) is 0 Å². The van der Waals surface area contributed by atoms with Crippen molar-refractivity contribution in [3.05, 3.63) is 22.2 Å². The minimum atomic E-state index is 0. The molecule has 5 heteroatoms. The van der Waals surface area contributed by atoms with Gasteiger partial charge in [-0.1, -0.05) is 15.9 Å². The minimum absolute atomic E-state index is 0. The second-order valence-electron chi connectivity index (χ2n) is 3.12. The fraction of sp³-hybridized carbons (Fsp3) is 0.333. The van der Waals surface area contributed by atoms with Crippen molar-refractivity contribution in [2.75, 3.05) is 12.3 Å². The summed E-state index contributed by atoms with van der Waals surface area (Å²) < 4.78 is 6.45. The first-order chi connectivity index (χ1) is 6.20. The van der Waals surface area contributed by atoms with Crippen LogP contribution in [-0.4, -0.2) is 6.61 Å². The first kappa shape index (κ1) is 11.6. The molecule has 3 nitrogen and oxygen atoms in total. The molecule has 14 heavy (non-hydrogen) atoms. The molecular formula is C9H12BrClN2O. The monoisotopic (exact) mass is 278 g/mol. The molecule has 1 aromatic carbocycles. The zero-order chi connectivity index (χ0) is 9.42. The van der Waals surface area contributed by atoms with Crippen LogP contribution >= 0.6 is 28.3 Å². The summed E-state index contributed by atoms with van der Waals surface area (Å²) in [5.41, 5.74) is 13.4. The van der Waals surface area contributed by atoms with Gasteiger partial charge in [-0.15, -0.1) is 12.4 Å². The predicted octanol–water partition coefficient (Wildman–Crippen LogP) is 2.24. The third-order valence-corrected chi connectivity index (χ3v) is 2.91. The number of hydrogen-bond donors (Lipinski definition) is 2. The summed E-state index contributed by atoms with van der Waals surface area (Å²) >= 11 is 3.44. The Balaban J connectivity index is 0.000000980. The molecular weight excluding hydrogens is 267 g/mol. The predicted molar refractivity (Wildman–Crippen MR) is 62.8 cm³/mol. The molecule has 0 fully saturated rings. The molecule has 0 amide bonds. The number of anilines is 1. The van der Waals surface area contributed by atoms with Crippen molar-refractivity contribution in [2.45, 2.75) is 12.5 Å². The molecule has 1 atom stereocenters. The molecule has 0 unspecified atom stereocenters. The maximum absolute atomic E-state index is 5.95. The number of nitrogens with two attached hydrogens (primary N) is 2. The van der Waals surface area contributed by atoms with Crippen molar-refractivity contribution in [1.29, 1.82) is 0 Å². The number of halogens is 2. The lowest BCUT2D eigenvalue weighted by Crippen LogP contribution is -2.21. The molecule has 1 heterocycles. The van der Waals surface area contributed by atoms with Gasteiger partial charge in [0.05, 0.1) is 12.3 Å². The van der Waals surface area contributed by atoms with E-state index >= 15 is 0 Å². The van der Waals surface area contributed by atoms with Gasteiger partial charge in [-0.05, 0) is 12.1 Å². The van der Waals surface area contributed by atoms with Crippen molar-refractivity contribution in [3.63, 3.8) is 0 Å². The minimum Gasteiger partial charge on any atom is -0.491 e. The van der Waals surface area contributed by atoms with Crippen LogP contribution in [0.3, 0.4) is 0 Å². The lowest BCUT2D eigenvalue weighted by Gasteiger charge is -2.25. The van der Waals surface area contributed by atoms with E-state index in [-0.39, 0.29) is 18.4 Å². The second-order valence-corrected chi connectivity index (χ2v) is 3.98. The van der Waals surface area contributed by atoms with Crippen LogP contribution in [0.4, 0.5) is 5.69 Å². The van der Waals surface area contributed by atoms with Gasteiger partial charge in [-0.3, -0.25) is 0 Å². The number of hydrogen-bond acceptors (Lipinski definition) is 3. The van der Waals surface area contributed by atoms with Crippen molar-refractivity contribution < 1.29 is 4.74 Å². The Labute approximate surface area is 97.3 Å². The SMILES string of the molecule is Cl.Nc1ccc(Br)c2c1OCC[C@H]2N. The number of benzene rings is 1. The number of rotatable bonds is 0. The van der Waals surface area contributed by atoms with Crippen molar-refractivity contribution in [2.24, 2.45) is 5.73 Å². The highest BCUT2D eigenvalue weighted by Gasteiger charge is 2.22. The molecule has 0 saturated carbocycles. The van der Waals surface area contributed by atoms with E-state index in [1.807, 2.05) is 12.1 Å². The first-order valence-corrected chi connectivity index (χ1v) is 4.95. The molecule has 1 aliphatic rings. The topological polar surface area (TPSA) is 61.3 Å². The van der Waals surface area contributed by atoms with Crippen LogP contribution in [0.2, 0.25) is 0 Å². The quantitative estimate of drug-likeness (QED) is 0.716. The van der Waals surface area contributed by atoms with Gasteiger partial charge >= 0.3 is 0 Å². The van der Waals surface area contributed by atoms with Crippen molar-refractivity contribution in [1.82, 2.24) is 0 Å². The molecule has 0 spiro atoms. The summed E-state index contributed by atoms with van der Waals surface area (Å²) in [4.78, 5) is 0. The molecule has 0 bridgehead atoms. The van der Waals surface area contributed by atoms with Crippen LogP contribution < -0.4 is 16.2 Å². The summed E-state index contributed by atoms with van der Waals surface area (Å²) in [6, 6.07) is 3.76. The van der Waals surface area contributed by atoms with E-state index in [2.05, 4.69) is 15.9 Å². The Morgan fingerprint density at radius 3 is 2.79 bits per heavy atom. The fourth-order valence-corrected chi connectivity index (χ4v) is 2.14. The number of fused-ring (bicyclic) bond motifs is 1. The Kier molecular flexibility index (Phi) is 3.64. The van der Waals surface area contributed by atoms with Crippen LogP contribution in [0.5, 0.6) is 5.75 Å². The van der Waals surface area contributed by atoms with E-state index in [1.54, 1.807) is 0 Å². The Morgan fingerprint density at radius 1 is 1.43 bits per heavy atom. The average Bonchev–Trinajstić information content (AvgIpc) is 2.12. The average molecular weight is 280 g/mol. The van der Waals surface area contributed by atoms with Gasteiger partial charge < -0.3 is 16.2 Å². The van der Waals surface area contributed by atoms with E-state index in [4.69, 9.17) is 16.2 Å². The molecule has 1 aromatic rings. The summed E-state index contributed by atoms with van der Waals surface area (Å²) in [5.74, 6) is 0.744. The van der Waals surface area contributed by atoms with Gasteiger partial charge in [0.2, 0.25) is 0 Å². The van der Waals surface area contributed by atoms with E-state index in [0.717, 1.165) is 22.2 Å². The van der Waals surface area contributed by atoms with Gasteiger partial charge in [-0.2, -0.15) is 0 Å². The maximum Gasteiger partial charge on any atom is 0.148 e. The molecule has 0 aliphatic carbocycles. The lowest BCUT2D eigenvalue weighted by molar-refractivity contribution is 0.270. The number of nitrogen functional groups attached to an aromatic ring is 1. The maximum atomic E-state index is 5.95. The largest absolute Gasteiger partial charge is 0.491 e. The van der Waals surface area contributed by atoms with Crippen LogP contribution in [0, 0.1) is 0 Å². The summed E-state index contributed by atoms with van der Waals surface area (Å²) in [7, 11) is 0. The summed E-state index contributed by atoms with van der Waals surface area (Å²) in [5, 5.41) is 0. The Bertz CT molecular complexity index is 346. The summed E-state index contributed by atoms with van der Waals surface area (Å²) in [6.07, 6.45) is 0.842. The lowest BCUT2D eigenvalue weighted by atomic mass is 10.0. The normalized spacial score (nSPS) is 19.1. The van der Waals surface area contributed by atoms with E-state index in [0.29, 0.717) is 12.3 Å². The Morgan fingerprint density at radius 2 is 2.14 bits per heavy atom. The fourth-order valence-electron chi connectivity index (χ4n) is 1.53. The van der Waals surface area contributed by atoms with Crippen LogP contribution in [0.15, 0.2) is 16.6 Å². The van der Waals surface area contributed by atoms with E-state index < -0.39 is 0 Å². The molecule has 0 radical (unpaired) electrons. The van der Waals surface area contributed by atoms with E-state index in [1.165, 1.54) is 0 Å². The van der Waals surface area contributed by atoms with Gasteiger partial charge in [0.15, 0.2) is 0 Å². The molecule has 0 saturated heterocycles. The highest BCUT2D eigenvalue weighted by molar-refractivity contribution is 9.10. The van der Waals surface area contributed by atoms with Gasteiger partial charge in [0, 0.05) is 22.5 Å². The third-order valence-electron chi connectivity index (χ3n) is 2.22. The highest BCUT2D eigenvalue weighted by Crippen LogP contribution is 2.40. The first-order valence-electron chi connectivity index (χ1n) is 4.16. The standard InChI is InChI=1S/C9H11BrN2O.ClH/c10-5-1-2-7(12)9-8(5)6(11)3-4-13-9;/h1-2,6H,3-4,11-12H2;1H/t6-;/m1./s1. The Hall–Kier alpha value is -0.450. The molecule has 78 valence electrons. The summed E-state index contributed by atoms with van der Waals surface area (Å²) in [6.45, 7) is 0.648. The third kappa shape index (κ3) is 1.82. The molecule has 1 aliphatic heterocycles. The van der Waals surface area contributed by atoms with Crippen LogP contribution in [0.1, 0.15) is 18.0 Å². The zero-order valence-electron chi connectivity index (χ0n) is 7.50. The van der Waals surface area contributed by atoms with E-state index in [9.17, 15) is 0 Å². The van der Waals surface area contributed by atoms with Crippen LogP contribution in [-0.2, 0) is 0 Å². The number of ether oxygens (including phenoxy) is 1.